The van der Waals surface area contributed by atoms with Gasteiger partial charge in [0, 0.05) is 18.2 Å². The molecule has 0 aromatic heterocycles. The van der Waals surface area contributed by atoms with Crippen LogP contribution in [0.5, 0.6) is 5.75 Å². The molecule has 0 saturated heterocycles. The Hall–Kier alpha value is -2.00. The molecule has 2 atom stereocenters. The zero-order chi connectivity index (χ0) is 17.2. The molecule has 0 spiro atoms. The van der Waals surface area contributed by atoms with E-state index in [1.807, 2.05) is 0 Å². The average Bonchev–Trinajstić information content (AvgIpc) is 2.45. The van der Waals surface area contributed by atoms with Crippen LogP contribution in [0.25, 0.3) is 0 Å². The van der Waals surface area contributed by atoms with E-state index in [-0.39, 0.29) is 12.8 Å². The molecule has 126 valence electrons. The molecule has 9 heteroatoms. The van der Waals surface area contributed by atoms with Crippen molar-refractivity contribution in [3.63, 3.8) is 0 Å². The van der Waals surface area contributed by atoms with E-state index in [0.29, 0.717) is 6.07 Å². The summed E-state index contributed by atoms with van der Waals surface area (Å²) in [6, 6.07) is 0.233. The topological polar surface area (TPSA) is 92.7 Å². The summed E-state index contributed by atoms with van der Waals surface area (Å²) < 4.78 is 58.8. The number of allylic oxidation sites excluding steroid dienone is 1. The molecule has 1 aromatic rings. The number of carboxylic acid groups (broad SMARTS) is 1. The molecule has 0 heterocycles. The standard InChI is InChI=1S/C14H15F2NO5S/c1-22-12-7-8(15)6-10(16)13(12)23(20,21)17-11-5-3-2-4-9(11)14(18)19/h2-3,6-7,9,11,17H,4-5H2,1H3,(H,18,19)/t9-,11+/m0/s1. The number of ether oxygens (including phenoxy) is 1. The Morgan fingerprint density at radius 3 is 2.57 bits per heavy atom. The van der Waals surface area contributed by atoms with Gasteiger partial charge in [0.25, 0.3) is 0 Å². The number of hydrogen-bond acceptors (Lipinski definition) is 4. The van der Waals surface area contributed by atoms with E-state index < -0.39 is 50.2 Å². The van der Waals surface area contributed by atoms with Crippen LogP contribution in [0.2, 0.25) is 0 Å². The van der Waals surface area contributed by atoms with Crippen LogP contribution in [0, 0.1) is 17.6 Å². The van der Waals surface area contributed by atoms with E-state index in [4.69, 9.17) is 9.84 Å². The van der Waals surface area contributed by atoms with Crippen LogP contribution in [0.15, 0.2) is 29.2 Å². The van der Waals surface area contributed by atoms with Gasteiger partial charge in [0.2, 0.25) is 10.0 Å². The van der Waals surface area contributed by atoms with Crippen molar-refractivity contribution in [3.05, 3.63) is 35.9 Å². The number of methoxy groups -OCH3 is 1. The first-order chi connectivity index (χ1) is 10.8. The van der Waals surface area contributed by atoms with Gasteiger partial charge in [-0.25, -0.2) is 21.9 Å². The number of nitrogens with one attached hydrogen (secondary N) is 1. The maximum atomic E-state index is 13.9. The average molecular weight is 347 g/mol. The number of carbonyl (C=O) groups is 1. The number of hydrogen-bond donors (Lipinski definition) is 2. The SMILES string of the molecule is COc1cc(F)cc(F)c1S(=O)(=O)N[C@@H]1CC=CC[C@@H]1C(=O)O. The van der Waals surface area contributed by atoms with Crippen LogP contribution in [0.3, 0.4) is 0 Å². The fourth-order valence-corrected chi connectivity index (χ4v) is 3.92. The summed E-state index contributed by atoms with van der Waals surface area (Å²) in [6.07, 6.45) is 3.60. The Morgan fingerprint density at radius 2 is 1.96 bits per heavy atom. The van der Waals surface area contributed by atoms with E-state index >= 15 is 0 Å². The van der Waals surface area contributed by atoms with Crippen molar-refractivity contribution in [2.24, 2.45) is 5.92 Å². The van der Waals surface area contributed by atoms with Gasteiger partial charge in [0.1, 0.15) is 17.4 Å². The molecule has 2 rings (SSSR count). The second kappa shape index (κ2) is 6.63. The third kappa shape index (κ3) is 3.67. The molecule has 2 N–H and O–H groups in total. The highest BCUT2D eigenvalue weighted by atomic mass is 32.2. The summed E-state index contributed by atoms with van der Waals surface area (Å²) in [4.78, 5) is 10.4. The van der Waals surface area contributed by atoms with Gasteiger partial charge < -0.3 is 9.84 Å². The lowest BCUT2D eigenvalue weighted by Crippen LogP contribution is -2.44. The van der Waals surface area contributed by atoms with E-state index in [1.54, 1.807) is 12.2 Å². The van der Waals surface area contributed by atoms with Gasteiger partial charge in [-0.15, -0.1) is 0 Å². The smallest absolute Gasteiger partial charge is 0.308 e. The second-order valence-corrected chi connectivity index (χ2v) is 6.69. The highest BCUT2D eigenvalue weighted by molar-refractivity contribution is 7.89. The van der Waals surface area contributed by atoms with Crippen LogP contribution in [-0.2, 0) is 14.8 Å². The Kier molecular flexibility index (Phi) is 5.00. The molecule has 1 aliphatic carbocycles. The summed E-state index contributed by atoms with van der Waals surface area (Å²) in [6.45, 7) is 0. The van der Waals surface area contributed by atoms with Crippen molar-refractivity contribution in [1.29, 1.82) is 0 Å². The molecular weight excluding hydrogens is 332 g/mol. The first-order valence-electron chi connectivity index (χ1n) is 6.69. The molecule has 0 aliphatic heterocycles. The van der Waals surface area contributed by atoms with Gasteiger partial charge in [-0.2, -0.15) is 0 Å². The normalized spacial score (nSPS) is 21.2. The molecule has 0 amide bonds. The quantitative estimate of drug-likeness (QED) is 0.791. The van der Waals surface area contributed by atoms with Crippen molar-refractivity contribution in [1.82, 2.24) is 4.72 Å². The van der Waals surface area contributed by atoms with Crippen molar-refractivity contribution in [3.8, 4) is 5.75 Å². The molecule has 0 fully saturated rings. The zero-order valence-electron chi connectivity index (χ0n) is 12.1. The Bertz CT molecular complexity index is 748. The first kappa shape index (κ1) is 17.4. The van der Waals surface area contributed by atoms with E-state index in [1.165, 1.54) is 0 Å². The fraction of sp³-hybridized carbons (Fsp3) is 0.357. The lowest BCUT2D eigenvalue weighted by Gasteiger charge is -2.26. The van der Waals surface area contributed by atoms with Gasteiger partial charge in [-0.1, -0.05) is 12.2 Å². The van der Waals surface area contributed by atoms with E-state index in [0.717, 1.165) is 13.2 Å². The molecule has 6 nitrogen and oxygen atoms in total. The van der Waals surface area contributed by atoms with E-state index in [9.17, 15) is 22.0 Å². The second-order valence-electron chi connectivity index (χ2n) is 5.03. The number of benzene rings is 1. The number of rotatable bonds is 5. The molecule has 23 heavy (non-hydrogen) atoms. The monoisotopic (exact) mass is 347 g/mol. The van der Waals surface area contributed by atoms with Crippen molar-refractivity contribution >= 4 is 16.0 Å². The Balaban J connectivity index is 2.40. The van der Waals surface area contributed by atoms with Gasteiger partial charge in [0.05, 0.1) is 13.0 Å². The van der Waals surface area contributed by atoms with Crippen LogP contribution in [0.1, 0.15) is 12.8 Å². The first-order valence-corrected chi connectivity index (χ1v) is 8.17. The van der Waals surface area contributed by atoms with Crippen molar-refractivity contribution in [2.75, 3.05) is 7.11 Å². The van der Waals surface area contributed by atoms with Crippen LogP contribution in [0.4, 0.5) is 8.78 Å². The number of halogens is 2. The number of carboxylic acids is 1. The lowest BCUT2D eigenvalue weighted by molar-refractivity contribution is -0.142. The van der Waals surface area contributed by atoms with Crippen molar-refractivity contribution < 1.29 is 31.8 Å². The Labute approximate surface area is 131 Å². The zero-order valence-corrected chi connectivity index (χ0v) is 12.9. The summed E-state index contributed by atoms with van der Waals surface area (Å²) in [5.41, 5.74) is 0. The highest BCUT2D eigenvalue weighted by Gasteiger charge is 2.34. The fourth-order valence-electron chi connectivity index (χ4n) is 2.42. The molecule has 1 aromatic carbocycles. The number of sulfonamides is 1. The van der Waals surface area contributed by atoms with Gasteiger partial charge in [-0.05, 0) is 12.8 Å². The molecular formula is C14H15F2NO5S. The van der Waals surface area contributed by atoms with Crippen LogP contribution in [-0.4, -0.2) is 32.6 Å². The largest absolute Gasteiger partial charge is 0.495 e. The van der Waals surface area contributed by atoms with Gasteiger partial charge in [-0.3, -0.25) is 4.79 Å². The summed E-state index contributed by atoms with van der Waals surface area (Å²) in [5, 5.41) is 9.15. The van der Waals surface area contributed by atoms with E-state index in [2.05, 4.69) is 4.72 Å². The minimum atomic E-state index is -4.43. The minimum absolute atomic E-state index is 0.154. The van der Waals surface area contributed by atoms with Crippen molar-refractivity contribution in [2.45, 2.75) is 23.8 Å². The van der Waals surface area contributed by atoms with Crippen LogP contribution >= 0.6 is 0 Å². The molecule has 0 saturated carbocycles. The summed E-state index contributed by atoms with van der Waals surface area (Å²) >= 11 is 0. The van der Waals surface area contributed by atoms with Gasteiger partial charge >= 0.3 is 5.97 Å². The third-order valence-electron chi connectivity index (χ3n) is 3.52. The summed E-state index contributed by atoms with van der Waals surface area (Å²) in [7, 11) is -3.35. The predicted molar refractivity (Wildman–Crippen MR) is 76.5 cm³/mol. The molecule has 0 radical (unpaired) electrons. The van der Waals surface area contributed by atoms with Crippen LogP contribution < -0.4 is 9.46 Å². The molecule has 0 unspecified atom stereocenters. The maximum absolute atomic E-state index is 13.9. The predicted octanol–water partition coefficient (Wildman–Crippen LogP) is 1.67. The highest BCUT2D eigenvalue weighted by Crippen LogP contribution is 2.29. The summed E-state index contributed by atoms with van der Waals surface area (Å²) in [5.74, 6) is -4.92. The number of aliphatic carboxylic acids is 1. The maximum Gasteiger partial charge on any atom is 0.308 e. The minimum Gasteiger partial charge on any atom is -0.495 e. The molecule has 1 aliphatic rings. The lowest BCUT2D eigenvalue weighted by atomic mass is 9.90. The molecule has 0 bridgehead atoms. The third-order valence-corrected chi connectivity index (χ3v) is 5.07. The van der Waals surface area contributed by atoms with Gasteiger partial charge in [0.15, 0.2) is 4.90 Å². The Morgan fingerprint density at radius 1 is 1.30 bits per heavy atom.